The molecule has 1 N–H and O–H groups in total. The van der Waals surface area contributed by atoms with Gasteiger partial charge in [0, 0.05) is 42.4 Å². The first kappa shape index (κ1) is 22.8. The number of halogens is 2. The Hall–Kier alpha value is -2.48. The van der Waals surface area contributed by atoms with Crippen molar-refractivity contribution in [3.05, 3.63) is 65.7 Å². The molecule has 2 aromatic carbocycles. The van der Waals surface area contributed by atoms with Crippen molar-refractivity contribution in [2.75, 3.05) is 25.9 Å². The van der Waals surface area contributed by atoms with Gasteiger partial charge in [-0.25, -0.2) is 0 Å². The molecule has 8 heteroatoms. The third-order valence-corrected chi connectivity index (χ3v) is 5.31. The van der Waals surface area contributed by atoms with Crippen molar-refractivity contribution in [3.8, 4) is 5.75 Å². The standard InChI is InChI=1S/C21H27F2N3O2S/c1-3-24-21(25-13-14-29(27)16-18-7-5-4-6-8-18)26(2)15-17-9-11-19(12-10-17)28-20(22)23/h4-12,20H,3,13-16H2,1-2H3,(H,24,25). The molecule has 5 nitrogen and oxygen atoms in total. The van der Waals surface area contributed by atoms with Crippen LogP contribution in [-0.2, 0) is 23.1 Å². The number of aliphatic imine (C=N–C) groups is 1. The Morgan fingerprint density at radius 3 is 2.45 bits per heavy atom. The van der Waals surface area contributed by atoms with Crippen molar-refractivity contribution in [2.45, 2.75) is 25.8 Å². The van der Waals surface area contributed by atoms with Crippen LogP contribution < -0.4 is 10.1 Å². The van der Waals surface area contributed by atoms with Crippen molar-refractivity contribution in [2.24, 2.45) is 4.99 Å². The number of ether oxygens (including phenoxy) is 1. The predicted octanol–water partition coefficient (Wildman–Crippen LogP) is 3.63. The van der Waals surface area contributed by atoms with E-state index in [1.165, 1.54) is 12.1 Å². The van der Waals surface area contributed by atoms with Crippen molar-refractivity contribution in [1.29, 1.82) is 0 Å². The minimum absolute atomic E-state index is 0.132. The van der Waals surface area contributed by atoms with Crippen LogP contribution in [0.5, 0.6) is 5.75 Å². The van der Waals surface area contributed by atoms with Crippen LogP contribution >= 0.6 is 0 Å². The predicted molar refractivity (Wildman–Crippen MR) is 114 cm³/mol. The molecule has 0 bridgehead atoms. The van der Waals surface area contributed by atoms with Gasteiger partial charge >= 0.3 is 6.61 Å². The molecule has 1 unspecified atom stereocenters. The number of hydrogen-bond acceptors (Lipinski definition) is 3. The lowest BCUT2D eigenvalue weighted by Gasteiger charge is -2.22. The van der Waals surface area contributed by atoms with Gasteiger partial charge in [0.1, 0.15) is 5.75 Å². The van der Waals surface area contributed by atoms with Gasteiger partial charge in [0.2, 0.25) is 0 Å². The van der Waals surface area contributed by atoms with Crippen molar-refractivity contribution >= 4 is 16.8 Å². The van der Waals surface area contributed by atoms with Gasteiger partial charge in [-0.1, -0.05) is 42.5 Å². The highest BCUT2D eigenvalue weighted by atomic mass is 32.2. The summed E-state index contributed by atoms with van der Waals surface area (Å²) in [7, 11) is 0.916. The van der Waals surface area contributed by atoms with Crippen molar-refractivity contribution < 1.29 is 17.7 Å². The molecule has 2 aromatic rings. The molecule has 0 aromatic heterocycles. The Morgan fingerprint density at radius 2 is 1.83 bits per heavy atom. The van der Waals surface area contributed by atoms with E-state index in [4.69, 9.17) is 0 Å². The molecule has 0 saturated heterocycles. The Bertz CT molecular complexity index is 786. The first-order valence-corrected chi connectivity index (χ1v) is 10.9. The fraction of sp³-hybridized carbons (Fsp3) is 0.381. The van der Waals surface area contributed by atoms with E-state index >= 15 is 0 Å². The van der Waals surface area contributed by atoms with Gasteiger partial charge < -0.3 is 15.0 Å². The topological polar surface area (TPSA) is 53.9 Å². The molecule has 0 heterocycles. The summed E-state index contributed by atoms with van der Waals surface area (Å²) in [6, 6.07) is 16.3. The molecular formula is C21H27F2N3O2S. The minimum atomic E-state index is -2.83. The fourth-order valence-corrected chi connectivity index (χ4v) is 3.68. The zero-order valence-electron chi connectivity index (χ0n) is 16.7. The number of hydrogen-bond donors (Lipinski definition) is 1. The lowest BCUT2D eigenvalue weighted by molar-refractivity contribution is -0.0498. The average Bonchev–Trinajstić information content (AvgIpc) is 2.69. The Kier molecular flexibility index (Phi) is 9.56. The molecule has 1 atom stereocenters. The summed E-state index contributed by atoms with van der Waals surface area (Å²) in [5.41, 5.74) is 1.99. The van der Waals surface area contributed by atoms with E-state index in [1.807, 2.05) is 49.2 Å². The van der Waals surface area contributed by atoms with Gasteiger partial charge in [0.15, 0.2) is 5.96 Å². The molecule has 0 aliphatic heterocycles. The Labute approximate surface area is 173 Å². The molecule has 0 amide bonds. The molecule has 0 fully saturated rings. The van der Waals surface area contributed by atoms with Gasteiger partial charge in [0.25, 0.3) is 0 Å². The molecule has 0 radical (unpaired) electrons. The lowest BCUT2D eigenvalue weighted by atomic mass is 10.2. The molecule has 0 aliphatic carbocycles. The second-order valence-electron chi connectivity index (χ2n) is 6.39. The summed E-state index contributed by atoms with van der Waals surface area (Å²) in [5, 5.41) is 3.22. The maximum atomic E-state index is 12.3. The molecule has 2 rings (SSSR count). The van der Waals surface area contributed by atoms with E-state index < -0.39 is 17.4 Å². The second-order valence-corrected chi connectivity index (χ2v) is 7.96. The lowest BCUT2D eigenvalue weighted by Crippen LogP contribution is -2.38. The third-order valence-electron chi connectivity index (χ3n) is 4.02. The van der Waals surface area contributed by atoms with Crippen LogP contribution in [0.2, 0.25) is 0 Å². The Balaban J connectivity index is 1.88. The first-order valence-electron chi connectivity index (χ1n) is 9.40. The van der Waals surface area contributed by atoms with Gasteiger partial charge in [-0.05, 0) is 30.2 Å². The number of benzene rings is 2. The van der Waals surface area contributed by atoms with Crippen molar-refractivity contribution in [1.82, 2.24) is 10.2 Å². The summed E-state index contributed by atoms with van der Waals surface area (Å²) in [5.74, 6) is 1.84. The fourth-order valence-electron chi connectivity index (χ4n) is 2.68. The van der Waals surface area contributed by atoms with Gasteiger partial charge in [-0.3, -0.25) is 9.20 Å². The number of guanidine groups is 1. The summed E-state index contributed by atoms with van der Waals surface area (Å²) >= 11 is 0. The number of nitrogens with one attached hydrogen (secondary N) is 1. The van der Waals surface area contributed by atoms with Crippen LogP contribution in [0.3, 0.4) is 0 Å². The molecule has 29 heavy (non-hydrogen) atoms. The van der Waals surface area contributed by atoms with Gasteiger partial charge in [-0.2, -0.15) is 8.78 Å². The highest BCUT2D eigenvalue weighted by molar-refractivity contribution is 7.84. The SMILES string of the molecule is CCNC(=NCCS(=O)Cc1ccccc1)N(C)Cc1ccc(OC(F)F)cc1. The highest BCUT2D eigenvalue weighted by Crippen LogP contribution is 2.15. The smallest absolute Gasteiger partial charge is 0.387 e. The molecule has 0 aliphatic rings. The number of rotatable bonds is 10. The van der Waals surface area contributed by atoms with Crippen LogP contribution in [0.4, 0.5) is 8.78 Å². The molecule has 158 valence electrons. The maximum Gasteiger partial charge on any atom is 0.387 e. The normalized spacial score (nSPS) is 12.7. The summed E-state index contributed by atoms with van der Waals surface area (Å²) in [6.45, 7) is 0.856. The highest BCUT2D eigenvalue weighted by Gasteiger charge is 2.09. The Morgan fingerprint density at radius 1 is 1.14 bits per heavy atom. The minimum Gasteiger partial charge on any atom is -0.435 e. The number of alkyl halides is 2. The van der Waals surface area contributed by atoms with Crippen LogP contribution in [0.1, 0.15) is 18.1 Å². The van der Waals surface area contributed by atoms with Crippen LogP contribution in [0, 0.1) is 0 Å². The zero-order chi connectivity index (χ0) is 21.1. The first-order chi connectivity index (χ1) is 14.0. The molecular weight excluding hydrogens is 396 g/mol. The van der Waals surface area contributed by atoms with Gasteiger partial charge in [-0.15, -0.1) is 0 Å². The number of nitrogens with zero attached hydrogens (tertiary/aromatic N) is 2. The summed E-state index contributed by atoms with van der Waals surface area (Å²) in [4.78, 5) is 6.50. The van der Waals surface area contributed by atoms with E-state index in [9.17, 15) is 13.0 Å². The van der Waals surface area contributed by atoms with E-state index in [0.717, 1.165) is 11.1 Å². The monoisotopic (exact) mass is 423 g/mol. The summed E-state index contributed by atoms with van der Waals surface area (Å²) in [6.07, 6.45) is 0. The van der Waals surface area contributed by atoms with Gasteiger partial charge in [0.05, 0.1) is 6.54 Å². The maximum absolute atomic E-state index is 12.3. The van der Waals surface area contributed by atoms with E-state index in [-0.39, 0.29) is 5.75 Å². The average molecular weight is 424 g/mol. The van der Waals surface area contributed by atoms with E-state index in [1.54, 1.807) is 12.1 Å². The summed E-state index contributed by atoms with van der Waals surface area (Å²) < 4.78 is 41.1. The molecule has 0 saturated carbocycles. The quantitative estimate of drug-likeness (QED) is 0.468. The van der Waals surface area contributed by atoms with E-state index in [0.29, 0.717) is 37.1 Å². The van der Waals surface area contributed by atoms with E-state index in [2.05, 4.69) is 15.0 Å². The largest absolute Gasteiger partial charge is 0.435 e. The van der Waals surface area contributed by atoms with Crippen LogP contribution in [-0.4, -0.2) is 47.6 Å². The van der Waals surface area contributed by atoms with Crippen molar-refractivity contribution in [3.63, 3.8) is 0 Å². The van der Waals surface area contributed by atoms with Crippen LogP contribution in [0.15, 0.2) is 59.6 Å². The third kappa shape index (κ3) is 8.60. The van der Waals surface area contributed by atoms with Crippen LogP contribution in [0.25, 0.3) is 0 Å². The molecule has 0 spiro atoms. The second kappa shape index (κ2) is 12.2. The zero-order valence-corrected chi connectivity index (χ0v) is 17.5.